The highest BCUT2D eigenvalue weighted by Crippen LogP contribution is 2.27. The second-order valence-electron chi connectivity index (χ2n) is 6.01. The first kappa shape index (κ1) is 14.8. The molecule has 1 aliphatic carbocycles. The molecule has 110 valence electrons. The standard InChI is InChI=1S/C16H23FN2O/c1-10-3-5-12(6-4-10)9-19-16(20)13-7-14(17)11(2)15(18)8-13/h7-8,10,12H,3-6,9,18H2,1-2H3,(H,19,20). The van der Waals surface area contributed by atoms with E-state index in [4.69, 9.17) is 5.73 Å². The zero-order valence-electron chi connectivity index (χ0n) is 12.2. The van der Waals surface area contributed by atoms with Gasteiger partial charge in [0.25, 0.3) is 5.91 Å². The van der Waals surface area contributed by atoms with E-state index in [1.54, 1.807) is 6.92 Å². The predicted molar refractivity (Wildman–Crippen MR) is 79.0 cm³/mol. The molecule has 2 rings (SSSR count). The van der Waals surface area contributed by atoms with Gasteiger partial charge in [-0.2, -0.15) is 0 Å². The summed E-state index contributed by atoms with van der Waals surface area (Å²) in [6, 6.07) is 2.79. The Kier molecular flexibility index (Phi) is 4.63. The van der Waals surface area contributed by atoms with Gasteiger partial charge in [0, 0.05) is 23.4 Å². The fourth-order valence-corrected chi connectivity index (χ4v) is 2.70. The third kappa shape index (κ3) is 3.50. The molecular weight excluding hydrogens is 255 g/mol. The second-order valence-corrected chi connectivity index (χ2v) is 6.01. The van der Waals surface area contributed by atoms with Gasteiger partial charge in [-0.1, -0.05) is 19.8 Å². The van der Waals surface area contributed by atoms with Crippen LogP contribution in [0.3, 0.4) is 0 Å². The molecule has 1 aromatic rings. The van der Waals surface area contributed by atoms with E-state index >= 15 is 0 Å². The Bertz CT molecular complexity index is 470. The van der Waals surface area contributed by atoms with Crippen LogP contribution in [0.5, 0.6) is 0 Å². The molecule has 1 aromatic carbocycles. The Morgan fingerprint density at radius 1 is 1.35 bits per heavy atom. The summed E-state index contributed by atoms with van der Waals surface area (Å²) < 4.78 is 13.6. The smallest absolute Gasteiger partial charge is 0.251 e. The molecule has 1 fully saturated rings. The van der Waals surface area contributed by atoms with Crippen molar-refractivity contribution in [2.45, 2.75) is 39.5 Å². The van der Waals surface area contributed by atoms with Crippen LogP contribution in [0.2, 0.25) is 0 Å². The van der Waals surface area contributed by atoms with Crippen molar-refractivity contribution in [3.63, 3.8) is 0 Å². The van der Waals surface area contributed by atoms with Crippen molar-refractivity contribution < 1.29 is 9.18 Å². The quantitative estimate of drug-likeness (QED) is 0.834. The average Bonchev–Trinajstić information content (AvgIpc) is 2.43. The fourth-order valence-electron chi connectivity index (χ4n) is 2.70. The summed E-state index contributed by atoms with van der Waals surface area (Å²) in [5, 5.41) is 2.90. The van der Waals surface area contributed by atoms with Crippen LogP contribution in [0.1, 0.15) is 48.5 Å². The van der Waals surface area contributed by atoms with Crippen molar-refractivity contribution in [3.8, 4) is 0 Å². The molecule has 4 heteroatoms. The maximum Gasteiger partial charge on any atom is 0.251 e. The molecule has 0 radical (unpaired) electrons. The van der Waals surface area contributed by atoms with E-state index in [2.05, 4.69) is 12.2 Å². The lowest BCUT2D eigenvalue weighted by atomic mass is 9.83. The van der Waals surface area contributed by atoms with Crippen LogP contribution in [0.4, 0.5) is 10.1 Å². The summed E-state index contributed by atoms with van der Waals surface area (Å²) in [6.07, 6.45) is 4.77. The number of nitrogen functional groups attached to an aromatic ring is 1. The molecule has 1 aliphatic rings. The minimum Gasteiger partial charge on any atom is -0.398 e. The number of carbonyl (C=O) groups is 1. The number of benzene rings is 1. The Balaban J connectivity index is 1.92. The molecule has 0 heterocycles. The van der Waals surface area contributed by atoms with Crippen molar-refractivity contribution in [1.29, 1.82) is 0 Å². The van der Waals surface area contributed by atoms with Crippen LogP contribution in [-0.4, -0.2) is 12.5 Å². The van der Waals surface area contributed by atoms with Crippen molar-refractivity contribution in [2.24, 2.45) is 11.8 Å². The van der Waals surface area contributed by atoms with E-state index in [0.29, 0.717) is 29.3 Å². The van der Waals surface area contributed by atoms with Gasteiger partial charge in [0.05, 0.1) is 0 Å². The fraction of sp³-hybridized carbons (Fsp3) is 0.562. The number of hydrogen-bond donors (Lipinski definition) is 2. The summed E-state index contributed by atoms with van der Waals surface area (Å²) >= 11 is 0. The number of anilines is 1. The Labute approximate surface area is 119 Å². The minimum atomic E-state index is -0.429. The van der Waals surface area contributed by atoms with Crippen LogP contribution >= 0.6 is 0 Å². The molecule has 0 aromatic heterocycles. The van der Waals surface area contributed by atoms with Crippen LogP contribution in [-0.2, 0) is 0 Å². The molecule has 0 bridgehead atoms. The highest BCUT2D eigenvalue weighted by Gasteiger charge is 2.19. The molecule has 1 amide bonds. The van der Waals surface area contributed by atoms with E-state index in [9.17, 15) is 9.18 Å². The monoisotopic (exact) mass is 278 g/mol. The van der Waals surface area contributed by atoms with E-state index < -0.39 is 5.82 Å². The molecule has 0 spiro atoms. The normalized spacial score (nSPS) is 22.6. The van der Waals surface area contributed by atoms with Gasteiger partial charge in [-0.15, -0.1) is 0 Å². The van der Waals surface area contributed by atoms with Gasteiger partial charge in [0.2, 0.25) is 0 Å². The first-order valence-corrected chi connectivity index (χ1v) is 7.31. The van der Waals surface area contributed by atoms with Crippen LogP contribution < -0.4 is 11.1 Å². The average molecular weight is 278 g/mol. The largest absolute Gasteiger partial charge is 0.398 e. The van der Waals surface area contributed by atoms with Crippen LogP contribution in [0, 0.1) is 24.6 Å². The summed E-state index contributed by atoms with van der Waals surface area (Å²) in [5.41, 5.74) is 6.71. The zero-order valence-corrected chi connectivity index (χ0v) is 12.2. The number of rotatable bonds is 3. The Morgan fingerprint density at radius 2 is 2.00 bits per heavy atom. The number of hydrogen-bond acceptors (Lipinski definition) is 2. The minimum absolute atomic E-state index is 0.241. The maximum absolute atomic E-state index is 13.6. The van der Waals surface area contributed by atoms with Crippen molar-refractivity contribution in [2.75, 3.05) is 12.3 Å². The van der Waals surface area contributed by atoms with Gasteiger partial charge in [0.1, 0.15) is 5.82 Å². The van der Waals surface area contributed by atoms with Crippen molar-refractivity contribution in [1.82, 2.24) is 5.32 Å². The third-order valence-electron chi connectivity index (χ3n) is 4.33. The van der Waals surface area contributed by atoms with Gasteiger partial charge < -0.3 is 11.1 Å². The van der Waals surface area contributed by atoms with Crippen LogP contribution in [0.25, 0.3) is 0 Å². The molecule has 3 N–H and O–H groups in total. The van der Waals surface area contributed by atoms with E-state index in [1.165, 1.54) is 25.0 Å². The third-order valence-corrected chi connectivity index (χ3v) is 4.33. The van der Waals surface area contributed by atoms with E-state index in [1.807, 2.05) is 0 Å². The summed E-state index contributed by atoms with van der Waals surface area (Å²) in [5.74, 6) is 0.673. The second kappa shape index (κ2) is 6.25. The highest BCUT2D eigenvalue weighted by atomic mass is 19.1. The lowest BCUT2D eigenvalue weighted by molar-refractivity contribution is 0.0941. The van der Waals surface area contributed by atoms with Crippen molar-refractivity contribution >= 4 is 11.6 Å². The molecule has 1 saturated carbocycles. The lowest BCUT2D eigenvalue weighted by Crippen LogP contribution is -2.31. The molecule has 20 heavy (non-hydrogen) atoms. The SMILES string of the molecule is Cc1c(N)cc(C(=O)NCC2CCC(C)CC2)cc1F. The maximum atomic E-state index is 13.6. The zero-order chi connectivity index (χ0) is 14.7. The molecule has 0 atom stereocenters. The number of nitrogens with one attached hydrogen (secondary N) is 1. The van der Waals surface area contributed by atoms with Gasteiger partial charge in [0.15, 0.2) is 0 Å². The molecule has 0 saturated heterocycles. The predicted octanol–water partition coefficient (Wildman–Crippen LogP) is 3.27. The van der Waals surface area contributed by atoms with E-state index in [-0.39, 0.29) is 5.91 Å². The van der Waals surface area contributed by atoms with Gasteiger partial charge in [-0.3, -0.25) is 4.79 Å². The Hall–Kier alpha value is -1.58. The van der Waals surface area contributed by atoms with Crippen LogP contribution in [0.15, 0.2) is 12.1 Å². The van der Waals surface area contributed by atoms with Crippen molar-refractivity contribution in [3.05, 3.63) is 29.1 Å². The molecule has 3 nitrogen and oxygen atoms in total. The lowest BCUT2D eigenvalue weighted by Gasteiger charge is -2.26. The van der Waals surface area contributed by atoms with E-state index in [0.717, 1.165) is 18.8 Å². The van der Waals surface area contributed by atoms with Gasteiger partial charge in [-0.25, -0.2) is 4.39 Å². The summed E-state index contributed by atoms with van der Waals surface area (Å²) in [7, 11) is 0. The first-order valence-electron chi connectivity index (χ1n) is 7.31. The number of halogens is 1. The van der Waals surface area contributed by atoms with Gasteiger partial charge >= 0.3 is 0 Å². The number of amides is 1. The molecule has 0 aliphatic heterocycles. The number of carbonyl (C=O) groups excluding carboxylic acids is 1. The highest BCUT2D eigenvalue weighted by molar-refractivity contribution is 5.95. The summed E-state index contributed by atoms with van der Waals surface area (Å²) in [4.78, 5) is 12.0. The Morgan fingerprint density at radius 3 is 2.60 bits per heavy atom. The van der Waals surface area contributed by atoms with Gasteiger partial charge in [-0.05, 0) is 43.7 Å². The summed E-state index contributed by atoms with van der Waals surface area (Å²) in [6.45, 7) is 4.54. The molecular formula is C16H23FN2O. The number of nitrogens with two attached hydrogens (primary N) is 1. The topological polar surface area (TPSA) is 55.1 Å². The first-order chi connectivity index (χ1) is 9.47. The molecule has 0 unspecified atom stereocenters.